The molecule has 0 radical (unpaired) electrons. The van der Waals surface area contributed by atoms with Crippen molar-refractivity contribution in [2.75, 3.05) is 12.0 Å². The van der Waals surface area contributed by atoms with Crippen LogP contribution in [0, 0.1) is 0 Å². The summed E-state index contributed by atoms with van der Waals surface area (Å²) in [6.07, 6.45) is -0.0898. The van der Waals surface area contributed by atoms with Gasteiger partial charge in [-0.25, -0.2) is 9.69 Å². The normalized spacial score (nSPS) is 13.2. The number of benzene rings is 2. The van der Waals surface area contributed by atoms with E-state index in [0.717, 1.165) is 21.8 Å². The number of halogens is 1. The molecule has 4 rings (SSSR count). The van der Waals surface area contributed by atoms with Crippen molar-refractivity contribution in [2.24, 2.45) is 0 Å². The Bertz CT molecular complexity index is 1200. The molecule has 0 aliphatic carbocycles. The van der Waals surface area contributed by atoms with Crippen LogP contribution in [0.15, 0.2) is 47.8 Å². The van der Waals surface area contributed by atoms with Gasteiger partial charge in [-0.2, -0.15) is 0 Å². The van der Waals surface area contributed by atoms with Gasteiger partial charge in [0.25, 0.3) is 5.91 Å². The van der Waals surface area contributed by atoms with Gasteiger partial charge in [0.2, 0.25) is 5.91 Å². The summed E-state index contributed by atoms with van der Waals surface area (Å²) in [5.74, 6) is -1.36. The highest BCUT2D eigenvalue weighted by Crippen LogP contribution is 2.37. The van der Waals surface area contributed by atoms with Gasteiger partial charge in [-0.1, -0.05) is 29.8 Å². The fraction of sp³-hybridized carbons (Fsp3) is 0.136. The minimum Gasteiger partial charge on any atom is -0.496 e. The second kappa shape index (κ2) is 8.41. The first-order valence-corrected chi connectivity index (χ1v) is 10.4. The molecule has 1 aromatic heterocycles. The van der Waals surface area contributed by atoms with Gasteiger partial charge in [0.05, 0.1) is 29.8 Å². The number of para-hydroxylation sites is 1. The minimum absolute atomic E-state index is 0.0218. The number of ether oxygens (including phenoxy) is 2. The lowest BCUT2D eigenvalue weighted by Crippen LogP contribution is -2.42. The molecule has 1 aliphatic heterocycles. The van der Waals surface area contributed by atoms with Crippen LogP contribution in [0.25, 0.3) is 0 Å². The predicted octanol–water partition coefficient (Wildman–Crippen LogP) is 4.42. The van der Waals surface area contributed by atoms with Crippen LogP contribution in [0.3, 0.4) is 0 Å². The van der Waals surface area contributed by atoms with Gasteiger partial charge in [0.15, 0.2) is 0 Å². The maximum absolute atomic E-state index is 13.1. The average Bonchev–Trinajstić information content (AvgIpc) is 3.18. The van der Waals surface area contributed by atoms with Gasteiger partial charge in [0, 0.05) is 11.6 Å². The topological polar surface area (TPSA) is 93.1 Å². The fourth-order valence-electron chi connectivity index (χ4n) is 3.36. The summed E-state index contributed by atoms with van der Waals surface area (Å²) in [5, 5.41) is 11.1. The largest absolute Gasteiger partial charge is 0.496 e. The third-order valence-corrected chi connectivity index (χ3v) is 6.15. The molecule has 0 unspecified atom stereocenters. The summed E-state index contributed by atoms with van der Waals surface area (Å²) in [6.45, 7) is 0.199. The van der Waals surface area contributed by atoms with E-state index in [9.17, 15) is 19.5 Å². The lowest BCUT2D eigenvalue weighted by Gasteiger charge is -2.26. The molecule has 2 aromatic carbocycles. The van der Waals surface area contributed by atoms with Crippen LogP contribution in [0.2, 0.25) is 5.02 Å². The highest BCUT2D eigenvalue weighted by Gasteiger charge is 2.37. The first kappa shape index (κ1) is 20.9. The molecule has 3 aromatic rings. The van der Waals surface area contributed by atoms with Crippen molar-refractivity contribution < 1.29 is 29.0 Å². The number of carboxylic acids is 1. The van der Waals surface area contributed by atoms with Crippen LogP contribution in [0.1, 0.15) is 31.2 Å². The van der Waals surface area contributed by atoms with Crippen molar-refractivity contribution in [1.82, 2.24) is 0 Å². The monoisotopic (exact) mass is 457 g/mol. The summed E-state index contributed by atoms with van der Waals surface area (Å²) >= 11 is 7.22. The second-order valence-corrected chi connectivity index (χ2v) is 7.98. The SMILES string of the molecule is COc1ccccc1COc1ccc(Cl)c(N2C(=O)Cc3csc(C(=O)O)c3C2=O)c1. The van der Waals surface area contributed by atoms with E-state index >= 15 is 0 Å². The Hall–Kier alpha value is -3.36. The lowest BCUT2D eigenvalue weighted by atomic mass is 10.0. The number of fused-ring (bicyclic) bond motifs is 1. The first-order chi connectivity index (χ1) is 14.9. The van der Waals surface area contributed by atoms with E-state index in [1.807, 2.05) is 24.3 Å². The third-order valence-electron chi connectivity index (χ3n) is 4.81. The molecular formula is C22H16ClNO6S. The zero-order chi connectivity index (χ0) is 22.1. The molecule has 0 fully saturated rings. The third kappa shape index (κ3) is 3.87. The Labute approximate surface area is 186 Å². The minimum atomic E-state index is -1.21. The number of carboxylic acid groups (broad SMARTS) is 1. The summed E-state index contributed by atoms with van der Waals surface area (Å²) in [6, 6.07) is 12.0. The number of amides is 2. The standard InChI is InChI=1S/C22H16ClNO6S/c1-29-17-5-3-2-4-12(17)10-30-14-6-7-15(23)16(9-14)24-18(25)8-13-11-31-20(22(27)28)19(13)21(24)26/h2-7,9,11H,8,10H2,1H3,(H,27,28). The number of thiophene rings is 1. The summed E-state index contributed by atoms with van der Waals surface area (Å²) in [5.41, 5.74) is 1.39. The van der Waals surface area contributed by atoms with E-state index in [4.69, 9.17) is 21.1 Å². The van der Waals surface area contributed by atoms with Crippen molar-refractivity contribution in [2.45, 2.75) is 13.0 Å². The highest BCUT2D eigenvalue weighted by atomic mass is 35.5. The molecule has 0 bridgehead atoms. The van der Waals surface area contributed by atoms with Gasteiger partial charge in [-0.15, -0.1) is 11.3 Å². The highest BCUT2D eigenvalue weighted by molar-refractivity contribution is 7.12. The number of hydrogen-bond acceptors (Lipinski definition) is 6. The molecule has 1 N–H and O–H groups in total. The molecule has 31 heavy (non-hydrogen) atoms. The predicted molar refractivity (Wildman–Crippen MR) is 116 cm³/mol. The number of anilines is 1. The van der Waals surface area contributed by atoms with E-state index in [1.165, 1.54) is 17.5 Å². The van der Waals surface area contributed by atoms with E-state index < -0.39 is 17.8 Å². The molecule has 9 heteroatoms. The van der Waals surface area contributed by atoms with Crippen LogP contribution < -0.4 is 14.4 Å². The first-order valence-electron chi connectivity index (χ1n) is 9.16. The second-order valence-electron chi connectivity index (χ2n) is 6.70. The van der Waals surface area contributed by atoms with Crippen LogP contribution in [-0.4, -0.2) is 30.0 Å². The number of aromatic carboxylic acids is 1. The van der Waals surface area contributed by atoms with Crippen molar-refractivity contribution >= 4 is 46.4 Å². The number of rotatable bonds is 6. The molecule has 7 nitrogen and oxygen atoms in total. The molecular weight excluding hydrogens is 442 g/mol. The molecule has 158 valence electrons. The van der Waals surface area contributed by atoms with E-state index in [2.05, 4.69) is 0 Å². The number of nitrogens with zero attached hydrogens (tertiary/aromatic N) is 1. The zero-order valence-corrected chi connectivity index (χ0v) is 17.8. The van der Waals surface area contributed by atoms with Crippen molar-refractivity contribution in [1.29, 1.82) is 0 Å². The molecule has 0 saturated heterocycles. The number of carbonyl (C=O) groups excluding carboxylic acids is 2. The zero-order valence-electron chi connectivity index (χ0n) is 16.3. The average molecular weight is 458 g/mol. The van der Waals surface area contributed by atoms with Crippen LogP contribution in [0.4, 0.5) is 5.69 Å². The van der Waals surface area contributed by atoms with Gasteiger partial charge in [-0.3, -0.25) is 9.59 Å². The molecule has 2 heterocycles. The molecule has 0 saturated carbocycles. The smallest absolute Gasteiger partial charge is 0.346 e. The molecule has 1 aliphatic rings. The van der Waals surface area contributed by atoms with E-state index in [1.54, 1.807) is 13.2 Å². The quantitative estimate of drug-likeness (QED) is 0.551. The van der Waals surface area contributed by atoms with Crippen LogP contribution in [0.5, 0.6) is 11.5 Å². The summed E-state index contributed by atoms with van der Waals surface area (Å²) < 4.78 is 11.1. The van der Waals surface area contributed by atoms with Crippen molar-refractivity contribution in [3.05, 3.63) is 74.4 Å². The number of hydrogen-bond donors (Lipinski definition) is 1. The number of imide groups is 1. The molecule has 0 atom stereocenters. The summed E-state index contributed by atoms with van der Waals surface area (Å²) in [4.78, 5) is 38.1. The summed E-state index contributed by atoms with van der Waals surface area (Å²) in [7, 11) is 1.57. The van der Waals surface area contributed by atoms with Gasteiger partial charge in [0.1, 0.15) is 23.0 Å². The maximum Gasteiger partial charge on any atom is 0.346 e. The van der Waals surface area contributed by atoms with Gasteiger partial charge >= 0.3 is 5.97 Å². The Morgan fingerprint density at radius 1 is 1.23 bits per heavy atom. The Morgan fingerprint density at radius 3 is 2.74 bits per heavy atom. The van der Waals surface area contributed by atoms with Crippen molar-refractivity contribution in [3.8, 4) is 11.5 Å². The molecule has 0 spiro atoms. The van der Waals surface area contributed by atoms with Crippen LogP contribution in [-0.2, 0) is 17.8 Å². The number of carbonyl (C=O) groups is 3. The van der Waals surface area contributed by atoms with Crippen molar-refractivity contribution in [3.63, 3.8) is 0 Å². The van der Waals surface area contributed by atoms with Gasteiger partial charge in [-0.05, 0) is 29.1 Å². The fourth-order valence-corrected chi connectivity index (χ4v) is 4.46. The molecule has 2 amide bonds. The Kier molecular flexibility index (Phi) is 5.67. The van der Waals surface area contributed by atoms with E-state index in [-0.39, 0.29) is 34.2 Å². The Morgan fingerprint density at radius 2 is 2.00 bits per heavy atom. The van der Waals surface area contributed by atoms with Gasteiger partial charge < -0.3 is 14.6 Å². The number of methoxy groups -OCH3 is 1. The lowest BCUT2D eigenvalue weighted by molar-refractivity contribution is -0.117. The maximum atomic E-state index is 13.1. The van der Waals surface area contributed by atoms with Crippen LogP contribution >= 0.6 is 22.9 Å². The Balaban J connectivity index is 1.65. The van der Waals surface area contributed by atoms with E-state index in [0.29, 0.717) is 17.1 Å².